The number of fused-ring (bicyclic) bond motifs is 4. The van der Waals surface area contributed by atoms with Gasteiger partial charge in [0, 0.05) is 10.8 Å². The van der Waals surface area contributed by atoms with E-state index in [1.807, 2.05) is 24.3 Å². The zero-order chi connectivity index (χ0) is 33.7. The third-order valence-electron chi connectivity index (χ3n) is 7.08. The van der Waals surface area contributed by atoms with E-state index in [1.54, 1.807) is 36.4 Å². The first kappa shape index (κ1) is 37.1. The zero-order valence-electron chi connectivity index (χ0n) is 24.5. The van der Waals surface area contributed by atoms with E-state index in [0.29, 0.717) is 21.5 Å². The van der Waals surface area contributed by atoms with Gasteiger partial charge in [0.2, 0.25) is 0 Å². The van der Waals surface area contributed by atoms with Crippen LogP contribution in [0.4, 0.5) is 0 Å². The van der Waals surface area contributed by atoms with Gasteiger partial charge in [-0.2, -0.15) is 16.8 Å². The molecule has 12 nitrogen and oxygen atoms in total. The van der Waals surface area contributed by atoms with Crippen molar-refractivity contribution in [1.82, 2.24) is 0 Å². The summed E-state index contributed by atoms with van der Waals surface area (Å²) in [7, 11) is -16.9. The summed E-state index contributed by atoms with van der Waals surface area (Å²) in [5, 5.41) is 4.39. The Morgan fingerprint density at radius 3 is 1.02 bits per heavy atom. The van der Waals surface area contributed by atoms with Gasteiger partial charge in [0.1, 0.15) is 30.0 Å². The fraction of sp³-hybridized carbons (Fsp3) is 0.0667. The molecule has 0 saturated heterocycles. The van der Waals surface area contributed by atoms with Gasteiger partial charge in [-0.25, -0.2) is 16.8 Å². The molecule has 47 heavy (non-hydrogen) atoms. The van der Waals surface area contributed by atoms with Crippen molar-refractivity contribution in [2.24, 2.45) is 0 Å². The molecule has 17 heteroatoms. The van der Waals surface area contributed by atoms with Crippen LogP contribution in [-0.4, -0.2) is 94.7 Å². The maximum atomic E-state index is 12.2. The Labute approximate surface area is 300 Å². The van der Waals surface area contributed by atoms with Crippen LogP contribution < -0.4 is 0 Å². The normalized spacial score (nSPS) is 12.5. The van der Waals surface area contributed by atoms with Gasteiger partial charge in [-0.3, -0.25) is 8.37 Å². The van der Waals surface area contributed by atoms with E-state index in [-0.39, 0.29) is 48.5 Å². The van der Waals surface area contributed by atoms with Crippen LogP contribution in [0.2, 0.25) is 0 Å². The topological polar surface area (TPSA) is 201 Å². The van der Waals surface area contributed by atoms with E-state index < -0.39 is 60.1 Å². The van der Waals surface area contributed by atoms with Crippen LogP contribution >= 0.6 is 0 Å². The van der Waals surface area contributed by atoms with Gasteiger partial charge in [0.25, 0.3) is 20.2 Å². The van der Waals surface area contributed by atoms with Crippen molar-refractivity contribution in [3.63, 3.8) is 0 Å². The molecule has 0 atom stereocenters. The molecule has 0 heterocycles. The van der Waals surface area contributed by atoms with Crippen LogP contribution in [0, 0.1) is 0 Å². The van der Waals surface area contributed by atoms with Crippen molar-refractivity contribution in [3.05, 3.63) is 97.1 Å². The van der Waals surface area contributed by atoms with Crippen molar-refractivity contribution < 1.29 is 51.1 Å². The average molecular weight is 743 g/mol. The standard InChI is InChI=1S/2C15H12O6S2.Ca/c2*1-21-23(19,20)15-13-9-11-5-3-2-4-10(11)8-12(13)6-7-14(15)22(16,17)18;/h2*2-9H,1H3,(H,16,17,18);/q;;+2/p-2. The molecule has 0 saturated carbocycles. The number of rotatable bonds is 6. The molecule has 6 aromatic carbocycles. The summed E-state index contributed by atoms with van der Waals surface area (Å²) in [6.07, 6.45) is 0. The second-order valence-electron chi connectivity index (χ2n) is 9.78. The van der Waals surface area contributed by atoms with Gasteiger partial charge in [0.05, 0.1) is 24.0 Å². The Morgan fingerprint density at radius 2 is 0.745 bits per heavy atom. The summed E-state index contributed by atoms with van der Waals surface area (Å²) in [5.74, 6) is 0. The fourth-order valence-electron chi connectivity index (χ4n) is 5.01. The van der Waals surface area contributed by atoms with Crippen LogP contribution in [0.5, 0.6) is 0 Å². The summed E-state index contributed by atoms with van der Waals surface area (Å²) in [4.78, 5) is -2.89. The largest absolute Gasteiger partial charge is 2.00 e. The Balaban J connectivity index is 0.000000208. The maximum Gasteiger partial charge on any atom is 2.00 e. The smallest absolute Gasteiger partial charge is 0.744 e. The SMILES string of the molecule is COS(=O)(=O)c1c(S(=O)(=O)[O-])ccc2cc3ccccc3cc12.COS(=O)(=O)c1c(S(=O)(=O)[O-])ccc2cc3ccccc3cc12.[Ca+2]. The van der Waals surface area contributed by atoms with Crippen LogP contribution in [0.1, 0.15) is 0 Å². The Kier molecular flexibility index (Phi) is 10.8. The van der Waals surface area contributed by atoms with E-state index in [0.717, 1.165) is 37.1 Å². The molecule has 0 fully saturated rings. The molecule has 0 aliphatic carbocycles. The summed E-state index contributed by atoms with van der Waals surface area (Å²) in [6.45, 7) is 0. The van der Waals surface area contributed by atoms with Crippen molar-refractivity contribution in [2.45, 2.75) is 19.6 Å². The van der Waals surface area contributed by atoms with Gasteiger partial charge in [-0.05, 0) is 68.7 Å². The van der Waals surface area contributed by atoms with Gasteiger partial charge < -0.3 is 9.11 Å². The van der Waals surface area contributed by atoms with Gasteiger partial charge in [-0.1, -0.05) is 60.7 Å². The van der Waals surface area contributed by atoms with E-state index in [9.17, 15) is 42.8 Å². The van der Waals surface area contributed by atoms with E-state index in [1.165, 1.54) is 24.3 Å². The van der Waals surface area contributed by atoms with Crippen molar-refractivity contribution in [2.75, 3.05) is 14.2 Å². The molecule has 0 aromatic heterocycles. The Hall–Kier alpha value is -2.74. The van der Waals surface area contributed by atoms with E-state index in [4.69, 9.17) is 0 Å². The first-order chi connectivity index (χ1) is 21.5. The molecule has 0 aliphatic heterocycles. The first-order valence-corrected chi connectivity index (χ1v) is 18.6. The molecule has 0 bridgehead atoms. The zero-order valence-corrected chi connectivity index (χ0v) is 30.0. The Bertz CT molecular complexity index is 2450. The van der Waals surface area contributed by atoms with Crippen molar-refractivity contribution in [1.29, 1.82) is 0 Å². The monoisotopic (exact) mass is 742 g/mol. The quantitative estimate of drug-likeness (QED) is 0.103. The minimum atomic E-state index is -4.98. The van der Waals surface area contributed by atoms with E-state index in [2.05, 4.69) is 8.37 Å². The predicted octanol–water partition coefficient (Wildman–Crippen LogP) is 4.08. The van der Waals surface area contributed by atoms with Crippen LogP contribution in [0.15, 0.2) is 117 Å². The number of hydrogen-bond donors (Lipinski definition) is 0. The number of hydrogen-bond acceptors (Lipinski definition) is 12. The minimum Gasteiger partial charge on any atom is -0.744 e. The molecule has 0 radical (unpaired) electrons. The van der Waals surface area contributed by atoms with Crippen LogP contribution in [0.25, 0.3) is 43.1 Å². The molecule has 0 unspecified atom stereocenters. The van der Waals surface area contributed by atoms with Crippen molar-refractivity contribution >= 4 is 121 Å². The van der Waals surface area contributed by atoms with Gasteiger partial charge in [0.15, 0.2) is 0 Å². The third kappa shape index (κ3) is 7.47. The molecule has 0 amide bonds. The second kappa shape index (κ2) is 13.6. The summed E-state index contributed by atoms with van der Waals surface area (Å²) in [6, 6.07) is 25.7. The average Bonchev–Trinajstić information content (AvgIpc) is 3.00. The number of benzene rings is 6. The second-order valence-corrected chi connectivity index (χ2v) is 15.8. The summed E-state index contributed by atoms with van der Waals surface area (Å²) < 4.78 is 126. The van der Waals surface area contributed by atoms with Crippen LogP contribution in [0.3, 0.4) is 0 Å². The van der Waals surface area contributed by atoms with Gasteiger partial charge in [-0.15, -0.1) is 0 Å². The third-order valence-corrected chi connectivity index (χ3v) is 11.9. The van der Waals surface area contributed by atoms with Crippen molar-refractivity contribution in [3.8, 4) is 0 Å². The van der Waals surface area contributed by atoms with Gasteiger partial charge >= 0.3 is 37.7 Å². The fourth-order valence-corrected chi connectivity index (χ4v) is 9.23. The molecule has 6 rings (SSSR count). The molecule has 240 valence electrons. The summed E-state index contributed by atoms with van der Waals surface area (Å²) in [5.41, 5.74) is 0. The maximum absolute atomic E-state index is 12.2. The minimum absolute atomic E-state index is 0. The summed E-state index contributed by atoms with van der Waals surface area (Å²) >= 11 is 0. The predicted molar refractivity (Wildman–Crippen MR) is 173 cm³/mol. The van der Waals surface area contributed by atoms with Crippen LogP contribution in [-0.2, 0) is 48.8 Å². The molecule has 0 aliphatic rings. The Morgan fingerprint density at radius 1 is 0.447 bits per heavy atom. The molecule has 0 spiro atoms. The molecular formula is C30H22CaO12S4. The van der Waals surface area contributed by atoms with E-state index >= 15 is 0 Å². The first-order valence-electron chi connectivity index (χ1n) is 12.9. The molecule has 0 N–H and O–H groups in total. The molecular weight excluding hydrogens is 721 g/mol. The molecule has 6 aromatic rings.